The maximum Gasteiger partial charge on any atom is 0.424 e. The average Bonchev–Trinajstić information content (AvgIpc) is 3.61. The highest BCUT2D eigenvalue weighted by molar-refractivity contribution is 5.98. The van der Waals surface area contributed by atoms with Gasteiger partial charge in [0.2, 0.25) is 0 Å². The number of esters is 1. The van der Waals surface area contributed by atoms with Crippen molar-refractivity contribution in [1.82, 2.24) is 0 Å². The summed E-state index contributed by atoms with van der Waals surface area (Å²) in [6.45, 7) is 23.4. The van der Waals surface area contributed by atoms with Gasteiger partial charge in [-0.25, -0.2) is 6.57 Å². The van der Waals surface area contributed by atoms with Crippen LogP contribution in [0.25, 0.3) is 4.85 Å². The molecular weight excluding hydrogens is 478 g/mol. The molecule has 0 aromatic rings. The number of carbonyl (C=O) groups excluding carboxylic acids is 3. The van der Waals surface area contributed by atoms with Gasteiger partial charge in [-0.2, -0.15) is 0 Å². The lowest BCUT2D eigenvalue weighted by molar-refractivity contribution is -0.236. The van der Waals surface area contributed by atoms with E-state index in [2.05, 4.69) is 39.5 Å². The van der Waals surface area contributed by atoms with Crippen molar-refractivity contribution in [2.75, 3.05) is 7.11 Å². The molecule has 6 heteroatoms. The van der Waals surface area contributed by atoms with E-state index >= 15 is 0 Å². The van der Waals surface area contributed by atoms with Crippen molar-refractivity contribution in [3.8, 4) is 0 Å². The summed E-state index contributed by atoms with van der Waals surface area (Å²) in [7, 11) is 1.50. The minimum atomic E-state index is -1.38. The Morgan fingerprint density at radius 3 is 2.24 bits per heavy atom. The van der Waals surface area contributed by atoms with Crippen LogP contribution in [0.3, 0.4) is 0 Å². The maximum atomic E-state index is 14.5. The number of epoxide rings is 1. The van der Waals surface area contributed by atoms with Crippen LogP contribution in [0, 0.1) is 62.7 Å². The molecule has 0 amide bonds. The van der Waals surface area contributed by atoms with Gasteiger partial charge in [-0.1, -0.05) is 48.5 Å². The SMILES string of the molecule is [C-]#[N+][C@@]12O[C@@H]1[C@]1(C)[C@H]3CC(=O)[C@@H]4[C@@H]5CC(C)(C)CC[C@]5(C(=O)OC)CC[C@@]4(C)[C@]3(C)CC[C@H]1C(C)(C)C2=O. The largest absolute Gasteiger partial charge is 0.469 e. The van der Waals surface area contributed by atoms with E-state index in [1.165, 1.54) is 7.11 Å². The molecule has 1 aliphatic heterocycles. The van der Waals surface area contributed by atoms with Gasteiger partial charge in [-0.3, -0.25) is 24.0 Å². The van der Waals surface area contributed by atoms with Crippen molar-refractivity contribution >= 4 is 17.5 Å². The van der Waals surface area contributed by atoms with E-state index in [1.807, 2.05) is 13.8 Å². The van der Waals surface area contributed by atoms with Crippen molar-refractivity contribution in [3.05, 3.63) is 11.4 Å². The van der Waals surface area contributed by atoms with E-state index in [-0.39, 0.29) is 57.5 Å². The lowest BCUT2D eigenvalue weighted by atomic mass is 9.31. The first-order chi connectivity index (χ1) is 17.5. The minimum absolute atomic E-state index is 0.0165. The Morgan fingerprint density at radius 1 is 0.947 bits per heavy atom. The van der Waals surface area contributed by atoms with Crippen LogP contribution >= 0.6 is 0 Å². The number of rotatable bonds is 1. The third kappa shape index (κ3) is 2.71. The highest BCUT2D eigenvalue weighted by atomic mass is 16.6. The number of nitrogens with zero attached hydrogens (tertiary/aromatic N) is 1. The number of ketones is 2. The van der Waals surface area contributed by atoms with Gasteiger partial charge >= 0.3 is 11.7 Å². The molecular formula is C32H45NO5. The summed E-state index contributed by atoms with van der Waals surface area (Å²) in [5.74, 6) is -0.0226. The highest BCUT2D eigenvalue weighted by Crippen LogP contribution is 2.79. The van der Waals surface area contributed by atoms with E-state index in [9.17, 15) is 14.4 Å². The number of Topliss-reactive ketones (excluding diaryl/α,β-unsaturated/α-hetero) is 2. The van der Waals surface area contributed by atoms with Gasteiger partial charge in [0.05, 0.1) is 12.5 Å². The molecule has 5 aliphatic carbocycles. The molecule has 0 N–H and O–H groups in total. The summed E-state index contributed by atoms with van der Waals surface area (Å²) < 4.78 is 11.6. The van der Waals surface area contributed by atoms with Gasteiger partial charge in [0, 0.05) is 23.2 Å². The summed E-state index contributed by atoms with van der Waals surface area (Å²) in [6.07, 6.45) is 6.05. The second kappa shape index (κ2) is 7.31. The molecule has 1 saturated heterocycles. The lowest BCUT2D eigenvalue weighted by Crippen LogP contribution is -2.71. The van der Waals surface area contributed by atoms with E-state index < -0.39 is 28.1 Å². The quantitative estimate of drug-likeness (QED) is 0.238. The van der Waals surface area contributed by atoms with Gasteiger partial charge < -0.3 is 4.74 Å². The van der Waals surface area contributed by atoms with Crippen LogP contribution in [0.5, 0.6) is 0 Å². The summed E-state index contributed by atoms with van der Waals surface area (Å²) >= 11 is 0. The van der Waals surface area contributed by atoms with E-state index in [0.29, 0.717) is 6.42 Å². The first-order valence-electron chi connectivity index (χ1n) is 14.7. The first-order valence-corrected chi connectivity index (χ1v) is 14.7. The Kier molecular flexibility index (Phi) is 5.09. The van der Waals surface area contributed by atoms with Crippen molar-refractivity contribution in [2.24, 2.45) is 56.2 Å². The predicted molar refractivity (Wildman–Crippen MR) is 141 cm³/mol. The summed E-state index contributed by atoms with van der Waals surface area (Å²) in [6, 6.07) is 0. The van der Waals surface area contributed by atoms with Crippen LogP contribution in [0.2, 0.25) is 0 Å². The Balaban J connectivity index is 1.47. The first kappa shape index (κ1) is 26.5. The third-order valence-corrected chi connectivity index (χ3v) is 13.9. The lowest BCUT2D eigenvalue weighted by Gasteiger charge is -2.71. The number of hydrogen-bond acceptors (Lipinski definition) is 5. The topological polar surface area (TPSA) is 77.3 Å². The second-order valence-corrected chi connectivity index (χ2v) is 16.0. The summed E-state index contributed by atoms with van der Waals surface area (Å²) in [5, 5.41) is 0. The molecule has 1 heterocycles. The standard InChI is InChI=1S/C32H45NO5/c1-26(2)12-14-31(25(36)37-9)15-13-29(6)22(18(31)17-26)19(34)16-21-28(29,5)11-10-20-27(3,4)23(35)32(33-8)24(38-32)30(20,21)7/h18,20-22,24H,10-17H2,1-7,9H3/t18-,20-,21-,22-,24+,28+,29+,30-,31-,32-/m0/s1. The zero-order valence-corrected chi connectivity index (χ0v) is 24.5. The maximum absolute atomic E-state index is 14.5. The number of fused-ring (bicyclic) bond motifs is 9. The third-order valence-electron chi connectivity index (χ3n) is 13.9. The molecule has 0 bridgehead atoms. The molecule has 0 unspecified atom stereocenters. The fourth-order valence-electron chi connectivity index (χ4n) is 11.7. The van der Waals surface area contributed by atoms with E-state index in [0.717, 1.165) is 44.9 Å². The molecule has 6 aliphatic rings. The van der Waals surface area contributed by atoms with Crippen LogP contribution in [0.15, 0.2) is 0 Å². The molecule has 0 aromatic carbocycles. The van der Waals surface area contributed by atoms with Crippen LogP contribution in [-0.4, -0.2) is 36.5 Å². The van der Waals surface area contributed by atoms with Gasteiger partial charge in [0.15, 0.2) is 6.10 Å². The molecule has 6 rings (SSSR count). The Morgan fingerprint density at radius 2 is 1.61 bits per heavy atom. The van der Waals surface area contributed by atoms with Gasteiger partial charge in [-0.05, 0) is 78.9 Å². The molecule has 0 spiro atoms. The predicted octanol–water partition coefficient (Wildman–Crippen LogP) is 6.02. The van der Waals surface area contributed by atoms with Crippen LogP contribution in [0.4, 0.5) is 0 Å². The van der Waals surface area contributed by atoms with Crippen LogP contribution in [-0.2, 0) is 23.9 Å². The molecule has 38 heavy (non-hydrogen) atoms. The molecule has 10 atom stereocenters. The fourth-order valence-corrected chi connectivity index (χ4v) is 11.7. The van der Waals surface area contributed by atoms with Gasteiger partial charge in [0.1, 0.15) is 5.78 Å². The second-order valence-electron chi connectivity index (χ2n) is 16.0. The molecule has 0 radical (unpaired) electrons. The number of carbonyl (C=O) groups is 3. The van der Waals surface area contributed by atoms with Crippen LogP contribution < -0.4 is 0 Å². The average molecular weight is 524 g/mol. The Hall–Kier alpha value is -1.74. The number of ether oxygens (including phenoxy) is 2. The van der Waals surface area contributed by atoms with Crippen molar-refractivity contribution in [2.45, 2.75) is 112 Å². The number of hydrogen-bond donors (Lipinski definition) is 0. The molecule has 0 aromatic heterocycles. The number of methoxy groups -OCH3 is 1. The van der Waals surface area contributed by atoms with E-state index in [1.54, 1.807) is 0 Å². The molecule has 6 nitrogen and oxygen atoms in total. The minimum Gasteiger partial charge on any atom is -0.469 e. The molecule has 5 saturated carbocycles. The van der Waals surface area contributed by atoms with Gasteiger partial charge in [-0.15, -0.1) is 0 Å². The normalized spacial score (nSPS) is 53.7. The van der Waals surface area contributed by atoms with Crippen molar-refractivity contribution in [3.63, 3.8) is 0 Å². The summed E-state index contributed by atoms with van der Waals surface area (Å²) in [5.41, 5.74) is -3.41. The highest BCUT2D eigenvalue weighted by Gasteiger charge is 2.88. The molecule has 6 fully saturated rings. The zero-order valence-electron chi connectivity index (χ0n) is 24.5. The smallest absolute Gasteiger partial charge is 0.424 e. The van der Waals surface area contributed by atoms with E-state index in [4.69, 9.17) is 16.0 Å². The Bertz CT molecular complexity index is 1180. The molecule has 208 valence electrons. The van der Waals surface area contributed by atoms with Gasteiger partial charge in [0.25, 0.3) is 5.78 Å². The zero-order chi connectivity index (χ0) is 27.9. The summed E-state index contributed by atoms with van der Waals surface area (Å²) in [4.78, 5) is 45.3. The fraction of sp³-hybridized carbons (Fsp3) is 0.875. The monoisotopic (exact) mass is 523 g/mol. The van der Waals surface area contributed by atoms with Crippen LogP contribution in [0.1, 0.15) is 99.8 Å². The van der Waals surface area contributed by atoms with Crippen molar-refractivity contribution in [1.29, 1.82) is 0 Å². The van der Waals surface area contributed by atoms with Crippen molar-refractivity contribution < 1.29 is 23.9 Å². The Labute approximate surface area is 227 Å².